The van der Waals surface area contributed by atoms with Gasteiger partial charge in [0.15, 0.2) is 0 Å². The molecule has 4 rings (SSSR count). The fourth-order valence-corrected chi connectivity index (χ4v) is 2.76. The normalized spacial score (nSPS) is 11.0. The van der Waals surface area contributed by atoms with Crippen LogP contribution in [-0.4, -0.2) is 26.3 Å². The topological polar surface area (TPSA) is 79.3 Å². The highest BCUT2D eigenvalue weighted by atomic mass is 16.2. The van der Waals surface area contributed by atoms with Crippen LogP contribution in [0.1, 0.15) is 15.9 Å². The van der Waals surface area contributed by atoms with Crippen molar-refractivity contribution in [1.29, 1.82) is 0 Å². The number of rotatable bonds is 4. The molecule has 0 radical (unpaired) electrons. The third-order valence-corrected chi connectivity index (χ3v) is 3.99. The van der Waals surface area contributed by atoms with Gasteiger partial charge < -0.3 is 10.3 Å². The number of hydrogen-bond donors (Lipinski definition) is 2. The van der Waals surface area contributed by atoms with Crippen LogP contribution in [0.4, 0.5) is 0 Å². The zero-order chi connectivity index (χ0) is 16.5. The smallest absolute Gasteiger partial charge is 0.292 e. The lowest BCUT2D eigenvalue weighted by atomic mass is 10.1. The van der Waals surface area contributed by atoms with Crippen molar-refractivity contribution in [2.45, 2.75) is 6.54 Å². The molecule has 24 heavy (non-hydrogen) atoms. The molecule has 1 aromatic carbocycles. The lowest BCUT2D eigenvalue weighted by molar-refractivity contribution is -0.117. The Morgan fingerprint density at radius 2 is 1.96 bits per heavy atom. The van der Waals surface area contributed by atoms with E-state index in [0.717, 1.165) is 22.0 Å². The maximum Gasteiger partial charge on any atom is 0.292 e. The summed E-state index contributed by atoms with van der Waals surface area (Å²) >= 11 is 0. The maximum atomic E-state index is 12.4. The van der Waals surface area contributed by atoms with E-state index in [2.05, 4.69) is 15.4 Å². The molecule has 4 aromatic rings. The van der Waals surface area contributed by atoms with Crippen LogP contribution in [0.15, 0.2) is 61.1 Å². The number of hydrogen-bond acceptors (Lipinski definition) is 3. The Balaban J connectivity index is 1.53. The van der Waals surface area contributed by atoms with Gasteiger partial charge in [0.05, 0.1) is 17.3 Å². The molecule has 1 amide bonds. The summed E-state index contributed by atoms with van der Waals surface area (Å²) in [4.78, 5) is 27.6. The van der Waals surface area contributed by atoms with Crippen molar-refractivity contribution in [3.05, 3.63) is 72.2 Å². The summed E-state index contributed by atoms with van der Waals surface area (Å²) in [5, 5.41) is 7.63. The first-order chi connectivity index (χ1) is 11.7. The summed E-state index contributed by atoms with van der Waals surface area (Å²) < 4.78 is 1.73. The first kappa shape index (κ1) is 14.2. The predicted molar refractivity (Wildman–Crippen MR) is 89.7 cm³/mol. The van der Waals surface area contributed by atoms with Gasteiger partial charge in [-0.2, -0.15) is 5.10 Å². The fraction of sp³-hybridized carbons (Fsp3) is 0.0556. The number of benzene rings is 1. The van der Waals surface area contributed by atoms with E-state index in [-0.39, 0.29) is 6.54 Å². The molecule has 0 saturated heterocycles. The average Bonchev–Trinajstić information content (AvgIpc) is 3.23. The van der Waals surface area contributed by atoms with Gasteiger partial charge in [0.2, 0.25) is 0 Å². The number of H-pyrrole nitrogens is 1. The van der Waals surface area contributed by atoms with Crippen molar-refractivity contribution >= 4 is 28.1 Å². The van der Waals surface area contributed by atoms with Crippen molar-refractivity contribution < 1.29 is 9.59 Å². The molecule has 3 heterocycles. The predicted octanol–water partition coefficient (Wildman–Crippen LogP) is 2.31. The monoisotopic (exact) mass is 318 g/mol. The molecule has 3 aromatic heterocycles. The van der Waals surface area contributed by atoms with E-state index < -0.39 is 11.7 Å². The molecule has 0 bridgehead atoms. The number of nitrogens with zero attached hydrogens (tertiary/aromatic N) is 2. The minimum atomic E-state index is -0.630. The number of amides is 1. The molecular weight excluding hydrogens is 304 g/mol. The van der Waals surface area contributed by atoms with E-state index in [9.17, 15) is 9.59 Å². The van der Waals surface area contributed by atoms with Crippen LogP contribution in [0, 0.1) is 0 Å². The van der Waals surface area contributed by atoms with Gasteiger partial charge in [0, 0.05) is 35.4 Å². The summed E-state index contributed by atoms with van der Waals surface area (Å²) in [5.41, 5.74) is 2.97. The lowest BCUT2D eigenvalue weighted by Crippen LogP contribution is -2.30. The third kappa shape index (κ3) is 2.34. The number of aromatic nitrogens is 3. The Morgan fingerprint density at radius 3 is 2.88 bits per heavy atom. The second-order valence-electron chi connectivity index (χ2n) is 5.46. The van der Waals surface area contributed by atoms with Crippen LogP contribution >= 0.6 is 0 Å². The van der Waals surface area contributed by atoms with E-state index in [0.29, 0.717) is 5.56 Å². The molecular formula is C18H14N4O2. The highest BCUT2D eigenvalue weighted by Crippen LogP contribution is 2.18. The Bertz CT molecular complexity index is 1060. The number of carbonyl (C=O) groups is 2. The van der Waals surface area contributed by atoms with Crippen LogP contribution in [-0.2, 0) is 11.3 Å². The number of aromatic amines is 1. The second-order valence-corrected chi connectivity index (χ2v) is 5.46. The molecule has 0 aliphatic heterocycles. The fourth-order valence-electron chi connectivity index (χ4n) is 2.76. The molecule has 6 nitrogen and oxygen atoms in total. The van der Waals surface area contributed by atoms with Gasteiger partial charge in [0.25, 0.3) is 11.7 Å². The molecule has 0 atom stereocenters. The molecule has 0 unspecified atom stereocenters. The first-order valence-corrected chi connectivity index (χ1v) is 7.54. The highest BCUT2D eigenvalue weighted by Gasteiger charge is 2.19. The average molecular weight is 318 g/mol. The molecule has 118 valence electrons. The van der Waals surface area contributed by atoms with Crippen molar-refractivity contribution in [3.8, 4) is 0 Å². The molecule has 0 aliphatic rings. The first-order valence-electron chi connectivity index (χ1n) is 7.54. The summed E-state index contributed by atoms with van der Waals surface area (Å²) in [6.07, 6.45) is 5.09. The Kier molecular flexibility index (Phi) is 3.35. The van der Waals surface area contributed by atoms with Crippen LogP contribution in [0.5, 0.6) is 0 Å². The summed E-state index contributed by atoms with van der Waals surface area (Å²) in [6, 6.07) is 13.1. The molecule has 0 saturated carbocycles. The number of carbonyl (C=O) groups excluding carboxylic acids is 2. The zero-order valence-corrected chi connectivity index (χ0v) is 12.7. The van der Waals surface area contributed by atoms with E-state index in [4.69, 9.17) is 0 Å². The van der Waals surface area contributed by atoms with Crippen molar-refractivity contribution in [2.24, 2.45) is 0 Å². The Labute approximate surface area is 137 Å². The quantitative estimate of drug-likeness (QED) is 0.448. The standard InChI is InChI=1S/C18H14N4O2/c23-17(14-11-19-15-6-2-1-5-13(14)15)18(24)20-9-12-10-21-22-8-4-3-7-16(12)22/h1-8,10-11,19H,9H2,(H,20,24). The molecule has 6 heteroatoms. The number of ketones is 1. The second kappa shape index (κ2) is 5.66. The molecule has 0 fully saturated rings. The molecule has 2 N–H and O–H groups in total. The molecule has 0 spiro atoms. The summed E-state index contributed by atoms with van der Waals surface area (Å²) in [7, 11) is 0. The van der Waals surface area contributed by atoms with Crippen LogP contribution < -0.4 is 5.32 Å². The van der Waals surface area contributed by atoms with E-state index >= 15 is 0 Å². The minimum Gasteiger partial charge on any atom is -0.360 e. The van der Waals surface area contributed by atoms with Crippen LogP contribution in [0.2, 0.25) is 0 Å². The highest BCUT2D eigenvalue weighted by molar-refractivity contribution is 6.44. The van der Waals surface area contributed by atoms with Crippen molar-refractivity contribution in [1.82, 2.24) is 19.9 Å². The van der Waals surface area contributed by atoms with E-state index in [1.54, 1.807) is 16.9 Å². The minimum absolute atomic E-state index is 0.250. The van der Waals surface area contributed by atoms with E-state index in [1.807, 2.05) is 48.7 Å². The van der Waals surface area contributed by atoms with Gasteiger partial charge in [-0.15, -0.1) is 0 Å². The summed E-state index contributed by atoms with van der Waals surface area (Å²) in [5.74, 6) is -1.18. The number of Topliss-reactive ketones (excluding diaryl/α,β-unsaturated/α-hetero) is 1. The summed E-state index contributed by atoms with van der Waals surface area (Å²) in [6.45, 7) is 0.250. The van der Waals surface area contributed by atoms with E-state index in [1.165, 1.54) is 0 Å². The number of fused-ring (bicyclic) bond motifs is 2. The number of para-hydroxylation sites is 1. The SMILES string of the molecule is O=C(NCc1cnn2ccccc12)C(=O)c1c[nH]c2ccccc12. The van der Waals surface area contributed by atoms with Crippen LogP contribution in [0.25, 0.3) is 16.4 Å². The zero-order valence-electron chi connectivity index (χ0n) is 12.7. The lowest BCUT2D eigenvalue weighted by Gasteiger charge is -2.03. The van der Waals surface area contributed by atoms with Gasteiger partial charge in [-0.3, -0.25) is 9.59 Å². The third-order valence-electron chi connectivity index (χ3n) is 3.99. The van der Waals surface area contributed by atoms with Gasteiger partial charge in [-0.05, 0) is 18.2 Å². The van der Waals surface area contributed by atoms with Gasteiger partial charge in [-0.25, -0.2) is 4.52 Å². The number of pyridine rings is 1. The van der Waals surface area contributed by atoms with Gasteiger partial charge in [0.1, 0.15) is 0 Å². The van der Waals surface area contributed by atoms with Gasteiger partial charge >= 0.3 is 0 Å². The molecule has 0 aliphatic carbocycles. The Morgan fingerprint density at radius 1 is 1.12 bits per heavy atom. The Hall–Kier alpha value is -3.41. The number of nitrogens with one attached hydrogen (secondary N) is 2. The van der Waals surface area contributed by atoms with Gasteiger partial charge in [-0.1, -0.05) is 24.3 Å². The van der Waals surface area contributed by atoms with Crippen LogP contribution in [0.3, 0.4) is 0 Å². The van der Waals surface area contributed by atoms with Crippen molar-refractivity contribution in [3.63, 3.8) is 0 Å². The largest absolute Gasteiger partial charge is 0.360 e. The maximum absolute atomic E-state index is 12.4. The van der Waals surface area contributed by atoms with Crippen molar-refractivity contribution in [2.75, 3.05) is 0 Å².